The van der Waals surface area contributed by atoms with Gasteiger partial charge in [-0.1, -0.05) is 25.6 Å². The molecule has 0 aliphatic heterocycles. The van der Waals surface area contributed by atoms with Crippen LogP contribution < -0.4 is 5.23 Å². The van der Waals surface area contributed by atoms with Gasteiger partial charge in [0.25, 0.3) is 0 Å². The fourth-order valence-electron chi connectivity index (χ4n) is 0.650. The van der Waals surface area contributed by atoms with E-state index < -0.39 is 0 Å². The molecule has 0 aliphatic rings. The fourth-order valence-corrected chi connectivity index (χ4v) is 0.650. The number of hydrogen-bond acceptors (Lipinski definition) is 2. The fraction of sp³-hybridized carbons (Fsp3) is 0. The van der Waals surface area contributed by atoms with E-state index in [1.54, 1.807) is 0 Å². The van der Waals surface area contributed by atoms with E-state index in [9.17, 15) is 0 Å². The van der Waals surface area contributed by atoms with E-state index in [-0.39, 0.29) is 0 Å². The lowest BCUT2D eigenvalue weighted by molar-refractivity contribution is 1.56. The molecule has 0 fully saturated rings. The zero-order valence-corrected chi connectivity index (χ0v) is 5.41. The van der Waals surface area contributed by atoms with Gasteiger partial charge >= 0.3 is 0 Å². The molecule has 0 aliphatic carbocycles. The van der Waals surface area contributed by atoms with Gasteiger partial charge in [0.15, 0.2) is 0 Å². The molecule has 0 unspecified atom stereocenters. The van der Waals surface area contributed by atoms with E-state index in [0.29, 0.717) is 0 Å². The Labute approximate surface area is 60.7 Å². The maximum absolute atomic E-state index is 8.16. The predicted octanol–water partition coefficient (Wildman–Crippen LogP) is 1.20. The van der Waals surface area contributed by atoms with Crippen LogP contribution in [0, 0.1) is 11.2 Å². The van der Waals surface area contributed by atoms with Gasteiger partial charge in [0.1, 0.15) is 0 Å². The molecule has 0 saturated heterocycles. The van der Waals surface area contributed by atoms with E-state index in [0.717, 1.165) is 5.69 Å². The first kappa shape index (κ1) is 6.69. The van der Waals surface area contributed by atoms with Crippen LogP contribution in [0.1, 0.15) is 0 Å². The summed E-state index contributed by atoms with van der Waals surface area (Å²) in [6.45, 7) is 0. The second-order valence-electron chi connectivity index (χ2n) is 1.78. The molecule has 0 heterocycles. The number of rotatable bonds is 2. The monoisotopic (exact) mass is 129 g/mol. The summed E-state index contributed by atoms with van der Waals surface area (Å²) in [5.41, 5.74) is 0.934. The van der Waals surface area contributed by atoms with E-state index in [1.165, 1.54) is 7.41 Å². The van der Waals surface area contributed by atoms with Crippen molar-refractivity contribution in [2.24, 2.45) is 0 Å². The molecular weight excluding hydrogens is 123 g/mol. The predicted molar refractivity (Wildman–Crippen MR) is 41.4 cm³/mol. The van der Waals surface area contributed by atoms with Crippen LogP contribution >= 0.6 is 0 Å². The number of nitrogens with one attached hydrogen (secondary N) is 1. The van der Waals surface area contributed by atoms with Crippen molar-refractivity contribution >= 4 is 13.1 Å². The number of nitriles is 1. The van der Waals surface area contributed by atoms with Crippen LogP contribution in [0.25, 0.3) is 0 Å². The Morgan fingerprint density at radius 3 is 2.60 bits per heavy atom. The highest BCUT2D eigenvalue weighted by atomic mass is 14.8. The van der Waals surface area contributed by atoms with Crippen LogP contribution in [0.5, 0.6) is 0 Å². The Hall–Kier alpha value is -1.43. The first-order valence-corrected chi connectivity index (χ1v) is 2.96. The molecule has 3 heteroatoms. The van der Waals surface area contributed by atoms with Crippen LogP contribution in [0.15, 0.2) is 30.3 Å². The van der Waals surface area contributed by atoms with Gasteiger partial charge in [-0.15, -0.1) is 0 Å². The lowest BCUT2D eigenvalue weighted by Gasteiger charge is -2.10. The number of nitrogens with zero attached hydrogens (tertiary/aromatic N) is 1. The quantitative estimate of drug-likeness (QED) is 0.608. The topological polar surface area (TPSA) is 35.8 Å². The molecule has 0 aromatic heterocycles. The summed E-state index contributed by atoms with van der Waals surface area (Å²) in [5.74, 6) is 1.88. The SMILES string of the molecule is N#C[B-]Nc1ccccc1. The third-order valence-electron chi connectivity index (χ3n) is 1.08. The maximum atomic E-state index is 8.16. The highest BCUT2D eigenvalue weighted by molar-refractivity contribution is 6.49. The van der Waals surface area contributed by atoms with E-state index in [1.807, 2.05) is 36.3 Å². The highest BCUT2D eigenvalue weighted by Crippen LogP contribution is 2.02. The molecule has 2 radical (unpaired) electrons. The van der Waals surface area contributed by atoms with Crippen molar-refractivity contribution in [3.63, 3.8) is 0 Å². The van der Waals surface area contributed by atoms with Gasteiger partial charge in [-0.05, 0) is 17.8 Å². The highest BCUT2D eigenvalue weighted by Gasteiger charge is 1.76. The van der Waals surface area contributed by atoms with Crippen LogP contribution in [-0.4, -0.2) is 7.41 Å². The van der Waals surface area contributed by atoms with Crippen LogP contribution in [0.4, 0.5) is 5.69 Å². The largest absolute Gasteiger partial charge is 0.605 e. The molecule has 2 nitrogen and oxygen atoms in total. The van der Waals surface area contributed by atoms with Crippen molar-refractivity contribution in [3.8, 4) is 5.97 Å². The number of para-hydroxylation sites is 1. The van der Waals surface area contributed by atoms with Crippen molar-refractivity contribution in [2.45, 2.75) is 0 Å². The molecule has 0 spiro atoms. The molecule has 1 aromatic rings. The number of benzene rings is 1. The van der Waals surface area contributed by atoms with Crippen molar-refractivity contribution in [1.29, 1.82) is 5.26 Å². The second-order valence-corrected chi connectivity index (χ2v) is 1.78. The summed E-state index contributed by atoms with van der Waals surface area (Å²) in [5, 5.41) is 11.0. The minimum atomic E-state index is 0.934. The molecule has 1 rings (SSSR count). The maximum Gasteiger partial charge on any atom is -0.00979 e. The van der Waals surface area contributed by atoms with E-state index >= 15 is 0 Å². The Kier molecular flexibility index (Phi) is 2.39. The minimum Gasteiger partial charge on any atom is -0.605 e. The van der Waals surface area contributed by atoms with Gasteiger partial charge in [0, 0.05) is 0 Å². The summed E-state index contributed by atoms with van der Waals surface area (Å²) >= 11 is 0. The van der Waals surface area contributed by atoms with Crippen LogP contribution in [0.2, 0.25) is 0 Å². The molecule has 1 aromatic carbocycles. The van der Waals surface area contributed by atoms with Gasteiger partial charge in [-0.25, -0.2) is 5.97 Å². The van der Waals surface area contributed by atoms with Crippen LogP contribution in [0.3, 0.4) is 0 Å². The van der Waals surface area contributed by atoms with Gasteiger partial charge in [0.2, 0.25) is 0 Å². The zero-order chi connectivity index (χ0) is 7.23. The third-order valence-corrected chi connectivity index (χ3v) is 1.08. The van der Waals surface area contributed by atoms with Gasteiger partial charge in [-0.2, -0.15) is 0 Å². The molecule has 48 valence electrons. The van der Waals surface area contributed by atoms with E-state index in [2.05, 4.69) is 5.23 Å². The molecular formula is C7H6BN2-. The van der Waals surface area contributed by atoms with E-state index in [4.69, 9.17) is 5.26 Å². The Morgan fingerprint density at radius 2 is 2.00 bits per heavy atom. The molecule has 0 atom stereocenters. The molecule has 0 amide bonds. The Bertz CT molecular complexity index is 227. The number of anilines is 1. The van der Waals surface area contributed by atoms with Crippen molar-refractivity contribution in [3.05, 3.63) is 30.3 Å². The standard InChI is InChI=1S/C7H6BN2/c9-6-8-10-7-4-2-1-3-5-7/h1-5,10H/q-1. The summed E-state index contributed by atoms with van der Waals surface area (Å²) < 4.78 is 0. The van der Waals surface area contributed by atoms with Gasteiger partial charge in [0.05, 0.1) is 0 Å². The number of hydrogen-bond donors (Lipinski definition) is 1. The average molecular weight is 129 g/mol. The summed E-state index contributed by atoms with van der Waals surface area (Å²) in [4.78, 5) is 0. The molecule has 0 saturated carbocycles. The normalized spacial score (nSPS) is 8.30. The van der Waals surface area contributed by atoms with Crippen molar-refractivity contribution < 1.29 is 0 Å². The molecule has 1 N–H and O–H groups in total. The molecule has 0 bridgehead atoms. The molecule has 10 heavy (non-hydrogen) atoms. The summed E-state index contributed by atoms with van der Waals surface area (Å²) in [7, 11) is 1.34. The zero-order valence-electron chi connectivity index (χ0n) is 5.41. The van der Waals surface area contributed by atoms with Crippen LogP contribution in [-0.2, 0) is 0 Å². The first-order chi connectivity index (χ1) is 4.93. The first-order valence-electron chi connectivity index (χ1n) is 2.96. The lowest BCUT2D eigenvalue weighted by Crippen LogP contribution is -2.01. The third kappa shape index (κ3) is 1.83. The van der Waals surface area contributed by atoms with Crippen molar-refractivity contribution in [1.82, 2.24) is 0 Å². The van der Waals surface area contributed by atoms with Crippen molar-refractivity contribution in [2.75, 3.05) is 5.23 Å². The summed E-state index contributed by atoms with van der Waals surface area (Å²) in [6, 6.07) is 9.54. The summed E-state index contributed by atoms with van der Waals surface area (Å²) in [6.07, 6.45) is 0. The van der Waals surface area contributed by atoms with Gasteiger partial charge in [-0.3, -0.25) is 5.26 Å². The second kappa shape index (κ2) is 3.57. The lowest BCUT2D eigenvalue weighted by atomic mass is 9.98. The average Bonchev–Trinajstić information content (AvgIpc) is 2.03. The smallest absolute Gasteiger partial charge is 0.00979 e. The van der Waals surface area contributed by atoms with Gasteiger partial charge < -0.3 is 5.23 Å². The Morgan fingerprint density at radius 1 is 1.30 bits per heavy atom. The minimum absolute atomic E-state index is 0.934. The Balaban J connectivity index is 2.52.